The van der Waals surface area contributed by atoms with Gasteiger partial charge in [0.05, 0.1) is 18.9 Å². The lowest BCUT2D eigenvalue weighted by molar-refractivity contribution is 0.297. The van der Waals surface area contributed by atoms with Crippen LogP contribution in [0.1, 0.15) is 25.3 Å². The van der Waals surface area contributed by atoms with Crippen LogP contribution in [0, 0.1) is 5.92 Å². The Balaban J connectivity index is 1.53. The number of aliphatic imine (C=N–C) groups is 1. The second-order valence-corrected chi connectivity index (χ2v) is 10.6. The van der Waals surface area contributed by atoms with Crippen molar-refractivity contribution in [2.24, 2.45) is 10.9 Å². The number of para-hydroxylation sites is 1. The van der Waals surface area contributed by atoms with E-state index in [9.17, 15) is 8.42 Å². The second kappa shape index (κ2) is 11.1. The minimum Gasteiger partial charge on any atom is -0.493 e. The lowest BCUT2D eigenvalue weighted by atomic mass is 10.2. The monoisotopic (exact) mass is 440 g/mol. The number of hydrogen-bond acceptors (Lipinski definition) is 5. The zero-order valence-electron chi connectivity index (χ0n) is 17.1. The van der Waals surface area contributed by atoms with Gasteiger partial charge in [-0.3, -0.25) is 0 Å². The number of guanidine groups is 1. The molecule has 0 amide bonds. The summed E-state index contributed by atoms with van der Waals surface area (Å²) in [6.45, 7) is 5.50. The molecule has 1 heterocycles. The van der Waals surface area contributed by atoms with E-state index in [1.54, 1.807) is 16.1 Å². The summed E-state index contributed by atoms with van der Waals surface area (Å²) < 4.78 is 32.5. The van der Waals surface area contributed by atoms with Gasteiger partial charge in [-0.15, -0.1) is 0 Å². The summed E-state index contributed by atoms with van der Waals surface area (Å²) in [7, 11) is -3.22. The van der Waals surface area contributed by atoms with Crippen LogP contribution in [0.5, 0.6) is 5.75 Å². The van der Waals surface area contributed by atoms with E-state index in [2.05, 4.69) is 15.6 Å². The number of benzene rings is 1. The summed E-state index contributed by atoms with van der Waals surface area (Å²) in [6.07, 6.45) is 2.52. The summed E-state index contributed by atoms with van der Waals surface area (Å²) in [5.74, 6) is 4.02. The van der Waals surface area contributed by atoms with Gasteiger partial charge >= 0.3 is 0 Å². The number of nitrogens with zero attached hydrogens (tertiary/aromatic N) is 2. The highest BCUT2D eigenvalue weighted by atomic mass is 32.2. The molecular weight excluding hydrogens is 408 g/mol. The molecule has 1 saturated carbocycles. The first-order valence-electron chi connectivity index (χ1n) is 10.4. The van der Waals surface area contributed by atoms with Gasteiger partial charge in [0.2, 0.25) is 10.0 Å². The average Bonchev–Trinajstić information content (AvgIpc) is 3.56. The van der Waals surface area contributed by atoms with E-state index in [1.807, 2.05) is 31.2 Å². The van der Waals surface area contributed by atoms with Gasteiger partial charge in [-0.25, -0.2) is 17.7 Å². The molecule has 2 N–H and O–H groups in total. The highest BCUT2D eigenvalue weighted by Crippen LogP contribution is 2.30. The lowest BCUT2D eigenvalue weighted by Gasteiger charge is -2.25. The third-order valence-electron chi connectivity index (χ3n) is 4.91. The molecule has 0 spiro atoms. The van der Waals surface area contributed by atoms with Gasteiger partial charge in [-0.1, -0.05) is 18.2 Å². The number of hydrogen-bond donors (Lipinski definition) is 2. The zero-order valence-corrected chi connectivity index (χ0v) is 18.7. The Bertz CT molecular complexity index is 776. The van der Waals surface area contributed by atoms with E-state index in [-0.39, 0.29) is 5.75 Å². The van der Waals surface area contributed by atoms with Gasteiger partial charge < -0.3 is 15.4 Å². The van der Waals surface area contributed by atoms with Crippen molar-refractivity contribution < 1.29 is 13.2 Å². The summed E-state index contributed by atoms with van der Waals surface area (Å²) in [5.41, 5.74) is 1.03. The first kappa shape index (κ1) is 22.2. The molecule has 162 valence electrons. The van der Waals surface area contributed by atoms with E-state index < -0.39 is 10.0 Å². The molecule has 9 heteroatoms. The third-order valence-corrected chi connectivity index (χ3v) is 7.73. The van der Waals surface area contributed by atoms with Crippen LogP contribution < -0.4 is 15.4 Å². The fourth-order valence-electron chi connectivity index (χ4n) is 3.03. The van der Waals surface area contributed by atoms with Crippen molar-refractivity contribution in [1.82, 2.24) is 14.9 Å². The van der Waals surface area contributed by atoms with Gasteiger partial charge in [0.1, 0.15) is 5.75 Å². The Morgan fingerprint density at radius 2 is 2.00 bits per heavy atom. The van der Waals surface area contributed by atoms with Gasteiger partial charge in [0, 0.05) is 43.2 Å². The normalized spacial score (nSPS) is 18.4. The van der Waals surface area contributed by atoms with Crippen LogP contribution >= 0.6 is 11.8 Å². The van der Waals surface area contributed by atoms with Crippen LogP contribution in [0.3, 0.4) is 0 Å². The van der Waals surface area contributed by atoms with Crippen molar-refractivity contribution in [3.8, 4) is 5.75 Å². The lowest BCUT2D eigenvalue weighted by Crippen LogP contribution is -2.44. The fourth-order valence-corrected chi connectivity index (χ4v) is 5.52. The van der Waals surface area contributed by atoms with Crippen LogP contribution in [0.15, 0.2) is 29.3 Å². The van der Waals surface area contributed by atoms with Crippen molar-refractivity contribution in [2.75, 3.05) is 50.0 Å². The molecule has 0 bridgehead atoms. The van der Waals surface area contributed by atoms with Gasteiger partial charge in [0.25, 0.3) is 0 Å². The Morgan fingerprint density at radius 3 is 2.72 bits per heavy atom. The predicted molar refractivity (Wildman–Crippen MR) is 120 cm³/mol. The molecule has 1 saturated heterocycles. The van der Waals surface area contributed by atoms with E-state index in [0.29, 0.717) is 44.6 Å². The van der Waals surface area contributed by atoms with Crippen LogP contribution in [-0.2, 0) is 16.6 Å². The number of ether oxygens (including phenoxy) is 1. The van der Waals surface area contributed by atoms with Crippen molar-refractivity contribution in [3.05, 3.63) is 29.8 Å². The van der Waals surface area contributed by atoms with E-state index >= 15 is 0 Å². The molecule has 0 aromatic heterocycles. The molecule has 0 unspecified atom stereocenters. The Hall–Kier alpha value is -1.45. The first-order chi connectivity index (χ1) is 14.1. The smallest absolute Gasteiger partial charge is 0.215 e. The molecule has 1 aliphatic carbocycles. The third kappa shape index (κ3) is 7.38. The maximum atomic E-state index is 12.5. The second-order valence-electron chi connectivity index (χ2n) is 7.31. The average molecular weight is 441 g/mol. The Morgan fingerprint density at radius 1 is 1.24 bits per heavy atom. The van der Waals surface area contributed by atoms with Crippen LogP contribution in [0.25, 0.3) is 0 Å². The molecule has 7 nitrogen and oxygen atoms in total. The molecule has 1 aromatic rings. The summed E-state index contributed by atoms with van der Waals surface area (Å²) >= 11 is 1.80. The minimum atomic E-state index is -3.22. The molecule has 2 aliphatic rings. The van der Waals surface area contributed by atoms with Crippen molar-refractivity contribution in [3.63, 3.8) is 0 Å². The van der Waals surface area contributed by atoms with E-state index in [1.165, 1.54) is 12.8 Å². The highest BCUT2D eigenvalue weighted by Gasteiger charge is 2.24. The summed E-state index contributed by atoms with van der Waals surface area (Å²) in [4.78, 5) is 4.62. The highest BCUT2D eigenvalue weighted by molar-refractivity contribution is 7.99. The topological polar surface area (TPSA) is 83.0 Å². The maximum Gasteiger partial charge on any atom is 0.215 e. The molecule has 3 rings (SSSR count). The van der Waals surface area contributed by atoms with Crippen molar-refractivity contribution >= 4 is 27.7 Å². The molecule has 0 radical (unpaired) electrons. The number of sulfonamides is 1. The predicted octanol–water partition coefficient (Wildman–Crippen LogP) is 1.91. The van der Waals surface area contributed by atoms with Gasteiger partial charge in [0.15, 0.2) is 5.96 Å². The van der Waals surface area contributed by atoms with Crippen LogP contribution in [0.2, 0.25) is 0 Å². The standard InChI is InChI=1S/C20H32N4O3S2/c1-2-21-20(22-9-14-29(25,26)24-10-12-28-13-11-24)23-15-18-5-3-4-6-19(18)27-16-17-7-8-17/h3-6,17H,2,7-16H2,1H3,(H2,21,22,23). The summed E-state index contributed by atoms with van der Waals surface area (Å²) in [6, 6.07) is 7.96. The van der Waals surface area contributed by atoms with E-state index in [4.69, 9.17) is 4.74 Å². The van der Waals surface area contributed by atoms with Crippen LogP contribution in [0.4, 0.5) is 0 Å². The maximum absolute atomic E-state index is 12.5. The molecule has 1 aromatic carbocycles. The first-order valence-corrected chi connectivity index (χ1v) is 13.1. The van der Waals surface area contributed by atoms with Crippen molar-refractivity contribution in [2.45, 2.75) is 26.3 Å². The molecule has 29 heavy (non-hydrogen) atoms. The zero-order chi connectivity index (χ0) is 20.5. The molecular formula is C20H32N4O3S2. The number of rotatable bonds is 10. The fraction of sp³-hybridized carbons (Fsp3) is 0.650. The number of nitrogens with one attached hydrogen (secondary N) is 2. The summed E-state index contributed by atoms with van der Waals surface area (Å²) in [5, 5.41) is 6.34. The SMILES string of the molecule is CCNC(=NCc1ccccc1OCC1CC1)NCCS(=O)(=O)N1CCSCC1. The molecule has 2 fully saturated rings. The number of thioether (sulfide) groups is 1. The largest absolute Gasteiger partial charge is 0.493 e. The molecule has 1 aliphatic heterocycles. The minimum absolute atomic E-state index is 0.0726. The van der Waals surface area contributed by atoms with Crippen molar-refractivity contribution in [1.29, 1.82) is 0 Å². The van der Waals surface area contributed by atoms with Gasteiger partial charge in [-0.05, 0) is 31.7 Å². The molecule has 0 atom stereocenters. The van der Waals surface area contributed by atoms with Gasteiger partial charge in [-0.2, -0.15) is 11.8 Å². The Kier molecular flexibility index (Phi) is 8.50. The van der Waals surface area contributed by atoms with E-state index in [0.717, 1.165) is 29.4 Å². The quantitative estimate of drug-likeness (QED) is 0.427. The van der Waals surface area contributed by atoms with Crippen LogP contribution in [-0.4, -0.2) is 68.7 Å². The Labute approximate surface area is 178 Å².